The standard InChI is InChI=1S/C48H49F2N9O6S/c1-26-20-33(21-27(2)42(26)50)59-43(57-17-16-56(47(57)62)39-11-9-35(24-36(39)49)66(51,63)34-6-5-7-34)41-29(4)55(15-12-37(41)53-59)44(60)40-23-32-22-31(30-13-18-64-19-14-30)8-10-38(32)58(40)48(25-28(48)3)45-52-46(61)65-54-45/h8-11,16-17,20-24,28-30,34,51H,5-7,12-15,18-19,25H2,1-4H3,(H,52,54,61)/t28-,29-,48-,66+/m0/s1. The average Bonchev–Trinajstić information content (AvgIpc) is 3.77. The highest BCUT2D eigenvalue weighted by atomic mass is 32.2. The summed E-state index contributed by atoms with van der Waals surface area (Å²) in [5.41, 5.74) is 3.22. The van der Waals surface area contributed by atoms with Crippen molar-refractivity contribution in [3.05, 3.63) is 139 Å². The van der Waals surface area contributed by atoms with Gasteiger partial charge in [-0.2, -0.15) is 5.10 Å². The molecule has 1 amide bonds. The van der Waals surface area contributed by atoms with Gasteiger partial charge in [-0.1, -0.05) is 24.6 Å². The van der Waals surface area contributed by atoms with E-state index in [1.165, 1.54) is 29.1 Å². The second-order valence-electron chi connectivity index (χ2n) is 18.5. The molecule has 66 heavy (non-hydrogen) atoms. The van der Waals surface area contributed by atoms with Crippen LogP contribution < -0.4 is 11.4 Å². The van der Waals surface area contributed by atoms with Gasteiger partial charge in [0.2, 0.25) is 0 Å². The molecule has 2 N–H and O–H groups in total. The summed E-state index contributed by atoms with van der Waals surface area (Å²) in [6.45, 7) is 8.87. The molecule has 0 spiro atoms. The van der Waals surface area contributed by atoms with Gasteiger partial charge in [-0.3, -0.25) is 23.4 Å². The van der Waals surface area contributed by atoms with E-state index in [0.29, 0.717) is 90.2 Å². The quantitative estimate of drug-likeness (QED) is 0.148. The Bertz CT molecular complexity index is 3350. The van der Waals surface area contributed by atoms with Gasteiger partial charge in [0.05, 0.1) is 37.7 Å². The molecule has 0 unspecified atom stereocenters. The van der Waals surface area contributed by atoms with Crippen LogP contribution in [0.2, 0.25) is 0 Å². The van der Waals surface area contributed by atoms with Crippen molar-refractivity contribution in [1.29, 1.82) is 4.78 Å². The SMILES string of the molecule is Cc1cc(-n2nc3c(c2-n2ccn(-c4ccc([S@](=N)(=O)C5CCC5)cc4F)c2=O)[C@H](C)N(C(=O)c2cc4cc(C5CCOCC5)ccc4n2[C@@]2(c4noc(=O)[nH]4)C[C@@H]2C)CC3)cc(C)c1F. The normalized spacial score (nSPS) is 22.1. The minimum Gasteiger partial charge on any atom is -0.381 e. The average molecular weight is 918 g/mol. The lowest BCUT2D eigenvalue weighted by molar-refractivity contribution is 0.0663. The van der Waals surface area contributed by atoms with Crippen molar-refractivity contribution < 1.29 is 27.0 Å². The summed E-state index contributed by atoms with van der Waals surface area (Å²) in [5, 5.41) is 9.73. The largest absolute Gasteiger partial charge is 0.438 e. The summed E-state index contributed by atoms with van der Waals surface area (Å²) in [5.74, 6) is -1.20. The number of aromatic amines is 1. The summed E-state index contributed by atoms with van der Waals surface area (Å²) in [7, 11) is -3.23. The van der Waals surface area contributed by atoms with Crippen LogP contribution in [0.25, 0.3) is 28.1 Å². The minimum atomic E-state index is -3.23. The lowest BCUT2D eigenvalue weighted by atomic mass is 9.91. The number of nitrogens with zero attached hydrogens (tertiary/aromatic N) is 7. The van der Waals surface area contributed by atoms with E-state index in [9.17, 15) is 13.8 Å². The molecule has 4 aliphatic rings. The van der Waals surface area contributed by atoms with Crippen molar-refractivity contribution in [3.8, 4) is 17.2 Å². The molecule has 3 fully saturated rings. The zero-order chi connectivity index (χ0) is 46.0. The third kappa shape index (κ3) is 6.42. The number of hydrogen-bond donors (Lipinski definition) is 2. The molecule has 6 heterocycles. The van der Waals surface area contributed by atoms with Crippen molar-refractivity contribution in [2.24, 2.45) is 5.92 Å². The maximum absolute atomic E-state index is 16.0. The van der Waals surface area contributed by atoms with Crippen LogP contribution in [0.3, 0.4) is 0 Å². The third-order valence-corrected chi connectivity index (χ3v) is 17.1. The zero-order valence-corrected chi connectivity index (χ0v) is 37.8. The second-order valence-corrected chi connectivity index (χ2v) is 20.9. The number of aryl methyl sites for hydroxylation is 2. The fraction of sp³-hybridized carbons (Fsp3) is 0.396. The highest BCUT2D eigenvalue weighted by Gasteiger charge is 2.59. The number of nitrogens with one attached hydrogen (secondary N) is 2. The Morgan fingerprint density at radius 2 is 1.68 bits per heavy atom. The van der Waals surface area contributed by atoms with E-state index in [1.54, 1.807) is 35.6 Å². The summed E-state index contributed by atoms with van der Waals surface area (Å²) in [4.78, 5) is 47.2. The number of halogens is 2. The molecular weight excluding hydrogens is 869 g/mol. The van der Waals surface area contributed by atoms with Crippen molar-refractivity contribution in [2.75, 3.05) is 19.8 Å². The Balaban J connectivity index is 1.04. The summed E-state index contributed by atoms with van der Waals surface area (Å²) in [6.07, 6.45) is 7.80. The fourth-order valence-corrected chi connectivity index (χ4v) is 12.6. The molecule has 7 aromatic rings. The first-order valence-electron chi connectivity index (χ1n) is 22.5. The van der Waals surface area contributed by atoms with Gasteiger partial charge in [0.15, 0.2) is 5.82 Å². The number of carbonyl (C=O) groups excluding carboxylic acids is 1. The van der Waals surface area contributed by atoms with Gasteiger partial charge in [-0.25, -0.2) is 32.0 Å². The van der Waals surface area contributed by atoms with Gasteiger partial charge in [0, 0.05) is 60.3 Å². The molecule has 2 saturated carbocycles. The summed E-state index contributed by atoms with van der Waals surface area (Å²) in [6, 6.07) is 14.8. The lowest BCUT2D eigenvalue weighted by Crippen LogP contribution is -2.41. The minimum absolute atomic E-state index is 0.0100. The maximum Gasteiger partial charge on any atom is 0.438 e. The molecule has 3 aromatic carbocycles. The number of hydrogen-bond acceptors (Lipinski definition) is 9. The Kier molecular flexibility index (Phi) is 9.82. The number of aromatic nitrogens is 7. The van der Waals surface area contributed by atoms with E-state index in [1.807, 2.05) is 30.5 Å². The number of carbonyl (C=O) groups is 1. The maximum atomic E-state index is 16.0. The fourth-order valence-electron chi connectivity index (χ4n) is 10.7. The monoisotopic (exact) mass is 917 g/mol. The smallest absolute Gasteiger partial charge is 0.381 e. The predicted molar refractivity (Wildman–Crippen MR) is 241 cm³/mol. The molecule has 0 bridgehead atoms. The second kappa shape index (κ2) is 15.3. The number of imidazole rings is 1. The van der Waals surface area contributed by atoms with E-state index in [4.69, 9.17) is 19.1 Å². The number of rotatable bonds is 9. The zero-order valence-electron chi connectivity index (χ0n) is 37.0. The van der Waals surface area contributed by atoms with Crippen molar-refractivity contribution in [2.45, 2.75) is 100 Å². The van der Waals surface area contributed by atoms with E-state index in [2.05, 4.69) is 22.3 Å². The molecule has 342 valence electrons. The van der Waals surface area contributed by atoms with Crippen molar-refractivity contribution in [3.63, 3.8) is 0 Å². The number of fused-ring (bicyclic) bond motifs is 2. The van der Waals surface area contributed by atoms with Crippen LogP contribution in [0.4, 0.5) is 8.78 Å². The number of H-pyrrole nitrogens is 1. The number of amides is 1. The van der Waals surface area contributed by atoms with E-state index >= 15 is 13.6 Å². The lowest BCUT2D eigenvalue weighted by Gasteiger charge is -2.34. The van der Waals surface area contributed by atoms with Crippen LogP contribution in [0, 0.1) is 36.2 Å². The Morgan fingerprint density at radius 3 is 2.33 bits per heavy atom. The molecular formula is C48H49F2N9O6S. The molecule has 2 aliphatic carbocycles. The molecule has 4 aromatic heterocycles. The molecule has 2 aliphatic heterocycles. The van der Waals surface area contributed by atoms with Gasteiger partial charge in [0.1, 0.15) is 28.7 Å². The number of benzene rings is 3. The molecule has 11 rings (SSSR count). The van der Waals surface area contributed by atoms with Gasteiger partial charge < -0.3 is 14.2 Å². The Labute approximate surface area is 377 Å². The number of ether oxygens (including phenoxy) is 1. The Hall–Kier alpha value is -6.40. The molecule has 15 nitrogen and oxygen atoms in total. The highest BCUT2D eigenvalue weighted by Crippen LogP contribution is 2.56. The molecule has 0 radical (unpaired) electrons. The van der Waals surface area contributed by atoms with Crippen LogP contribution in [0.5, 0.6) is 0 Å². The topological polar surface area (TPSA) is 179 Å². The third-order valence-electron chi connectivity index (χ3n) is 14.7. The Morgan fingerprint density at radius 1 is 0.955 bits per heavy atom. The first kappa shape index (κ1) is 42.2. The summed E-state index contributed by atoms with van der Waals surface area (Å²) >= 11 is 0. The first-order chi connectivity index (χ1) is 31.7. The van der Waals surface area contributed by atoms with Crippen LogP contribution in [-0.2, 0) is 26.4 Å². The first-order valence-corrected chi connectivity index (χ1v) is 24.2. The van der Waals surface area contributed by atoms with Crippen molar-refractivity contribution >= 4 is 26.5 Å². The highest BCUT2D eigenvalue weighted by molar-refractivity contribution is 7.93. The van der Waals surface area contributed by atoms with Gasteiger partial charge in [0.25, 0.3) is 5.91 Å². The predicted octanol–water partition coefficient (Wildman–Crippen LogP) is 7.74. The van der Waals surface area contributed by atoms with Crippen LogP contribution in [0.15, 0.2) is 86.0 Å². The summed E-state index contributed by atoms with van der Waals surface area (Å²) < 4.78 is 69.9. The van der Waals surface area contributed by atoms with E-state index in [-0.39, 0.29) is 40.0 Å². The van der Waals surface area contributed by atoms with Gasteiger partial charge in [-0.15, -0.1) is 0 Å². The van der Waals surface area contributed by atoms with Crippen molar-refractivity contribution in [1.82, 2.24) is 38.5 Å². The van der Waals surface area contributed by atoms with E-state index < -0.39 is 38.6 Å². The van der Waals surface area contributed by atoms with Gasteiger partial charge >= 0.3 is 11.4 Å². The molecule has 18 heteroatoms. The van der Waals surface area contributed by atoms with Crippen LogP contribution in [-0.4, -0.2) is 73.6 Å². The van der Waals surface area contributed by atoms with Crippen LogP contribution >= 0.6 is 0 Å². The van der Waals surface area contributed by atoms with E-state index in [0.717, 1.165) is 46.4 Å². The molecule has 4 atom stereocenters. The van der Waals surface area contributed by atoms with Crippen LogP contribution in [0.1, 0.15) is 109 Å². The molecule has 1 saturated heterocycles. The van der Waals surface area contributed by atoms with Gasteiger partial charge in [-0.05, 0) is 130 Å².